The van der Waals surface area contributed by atoms with Gasteiger partial charge in [0.1, 0.15) is 6.61 Å². The number of fused-ring (bicyclic) bond motifs is 3. The molecule has 1 heterocycles. The molecule has 1 aromatic rings. The highest BCUT2D eigenvalue weighted by atomic mass is 16.7. The van der Waals surface area contributed by atoms with Crippen LogP contribution in [0.2, 0.25) is 0 Å². The molecule has 0 bridgehead atoms. The van der Waals surface area contributed by atoms with Crippen LogP contribution in [0, 0.1) is 5.92 Å². The zero-order valence-electron chi connectivity index (χ0n) is 39.8. The highest BCUT2D eigenvalue weighted by Crippen LogP contribution is 2.47. The number of carbonyl (C=O) groups excluding carboxylic acids is 1. The maximum absolute atomic E-state index is 13.5. The number of unbranched alkanes of at least 4 members (excludes halogenated alkanes) is 19. The van der Waals surface area contributed by atoms with Crippen molar-refractivity contribution in [1.29, 1.82) is 0 Å². The molecule has 1 fully saturated rings. The molecule has 1 aromatic carbocycles. The minimum absolute atomic E-state index is 0.120. The minimum Gasteiger partial charge on any atom is -0.448 e. The first-order valence-electron chi connectivity index (χ1n) is 26.1. The normalized spacial score (nSPS) is 17.8. The molecule has 1 aliphatic heterocycles. The van der Waals surface area contributed by atoms with Gasteiger partial charge in [-0.15, -0.1) is 0 Å². The maximum atomic E-state index is 13.5. The molecule has 5 heteroatoms. The number of benzene rings is 1. The number of likely N-dealkylation sites (tertiary alicyclic amines) is 1. The van der Waals surface area contributed by atoms with Crippen LogP contribution in [0.15, 0.2) is 66.3 Å². The molecule has 1 amide bonds. The Morgan fingerprint density at radius 1 is 0.672 bits per heavy atom. The topological polar surface area (TPSA) is 48.0 Å². The van der Waals surface area contributed by atoms with E-state index in [-0.39, 0.29) is 12.0 Å². The Morgan fingerprint density at radius 3 is 1.84 bits per heavy atom. The number of nitrogens with zero attached hydrogens (tertiary/aromatic N) is 1. The minimum atomic E-state index is -0.600. The van der Waals surface area contributed by atoms with E-state index in [2.05, 4.69) is 81.5 Å². The Bertz CT molecular complexity index is 1420. The molecule has 2 aliphatic carbocycles. The van der Waals surface area contributed by atoms with Crippen molar-refractivity contribution >= 4 is 11.7 Å². The van der Waals surface area contributed by atoms with Gasteiger partial charge >= 0.3 is 6.09 Å². The van der Waals surface area contributed by atoms with Gasteiger partial charge in [-0.05, 0) is 86.0 Å². The third-order valence-corrected chi connectivity index (χ3v) is 13.6. The Hall–Kier alpha value is -2.63. The van der Waals surface area contributed by atoms with E-state index in [4.69, 9.17) is 14.2 Å². The Morgan fingerprint density at radius 2 is 1.20 bits per heavy atom. The summed E-state index contributed by atoms with van der Waals surface area (Å²) in [5, 5.41) is 0. The summed E-state index contributed by atoms with van der Waals surface area (Å²) in [5.41, 5.74) is 5.25. The first kappa shape index (κ1) is 51.0. The first-order chi connectivity index (χ1) is 30.1. The number of piperidine rings is 1. The van der Waals surface area contributed by atoms with Crippen molar-refractivity contribution in [2.45, 2.75) is 225 Å². The molecule has 0 aromatic heterocycles. The number of allylic oxidation sites excluding steroid dienone is 7. The van der Waals surface area contributed by atoms with Gasteiger partial charge in [0.15, 0.2) is 5.79 Å². The third kappa shape index (κ3) is 20.2. The summed E-state index contributed by atoms with van der Waals surface area (Å²) in [4.78, 5) is 15.4. The van der Waals surface area contributed by atoms with Gasteiger partial charge in [-0.1, -0.05) is 203 Å². The summed E-state index contributed by atoms with van der Waals surface area (Å²) < 4.78 is 19.4. The van der Waals surface area contributed by atoms with Gasteiger partial charge in [-0.3, -0.25) is 0 Å². The van der Waals surface area contributed by atoms with Gasteiger partial charge in [0.2, 0.25) is 0 Å². The summed E-state index contributed by atoms with van der Waals surface area (Å²) in [6.07, 6.45) is 51.1. The number of amides is 1. The van der Waals surface area contributed by atoms with Crippen LogP contribution in [0.1, 0.15) is 230 Å². The summed E-state index contributed by atoms with van der Waals surface area (Å²) in [5.74, 6) is 0.399. The summed E-state index contributed by atoms with van der Waals surface area (Å²) in [6, 6.07) is 8.63. The van der Waals surface area contributed by atoms with Gasteiger partial charge in [-0.2, -0.15) is 0 Å². The molecule has 61 heavy (non-hydrogen) atoms. The van der Waals surface area contributed by atoms with E-state index in [1.54, 1.807) is 0 Å². The van der Waals surface area contributed by atoms with Crippen LogP contribution in [0.5, 0.6) is 0 Å². The van der Waals surface area contributed by atoms with Crippen molar-refractivity contribution in [3.63, 3.8) is 0 Å². The van der Waals surface area contributed by atoms with Crippen molar-refractivity contribution < 1.29 is 19.0 Å². The summed E-state index contributed by atoms with van der Waals surface area (Å²) >= 11 is 0. The number of hydrogen-bond donors (Lipinski definition) is 0. The average molecular weight is 842 g/mol. The Kier molecular flexibility index (Phi) is 26.8. The lowest BCUT2D eigenvalue weighted by Crippen LogP contribution is -2.50. The van der Waals surface area contributed by atoms with Crippen molar-refractivity contribution in [2.75, 3.05) is 32.9 Å². The SMILES string of the molecule is CCCCC/C=C\C/C=C\CCCCCCCCOC1(OCCCCCCCCC(C)CCCCCCCC)CCN(C(=O)OCC2C3=CCCC=C3c3ccccc32)CC1. The third-order valence-electron chi connectivity index (χ3n) is 13.6. The number of hydrogen-bond acceptors (Lipinski definition) is 4. The molecule has 3 aliphatic rings. The van der Waals surface area contributed by atoms with E-state index >= 15 is 0 Å². The fraction of sp³-hybridized carbons (Fsp3) is 0.732. The van der Waals surface area contributed by atoms with E-state index in [1.165, 1.54) is 170 Å². The molecule has 344 valence electrons. The van der Waals surface area contributed by atoms with Crippen LogP contribution in [0.25, 0.3) is 5.57 Å². The zero-order valence-corrected chi connectivity index (χ0v) is 39.8. The van der Waals surface area contributed by atoms with Gasteiger partial charge in [0.25, 0.3) is 0 Å². The molecule has 5 nitrogen and oxygen atoms in total. The van der Waals surface area contributed by atoms with Crippen molar-refractivity contribution in [1.82, 2.24) is 4.90 Å². The fourth-order valence-electron chi connectivity index (χ4n) is 9.62. The molecule has 0 radical (unpaired) electrons. The Labute approximate surface area is 375 Å². The number of ether oxygens (including phenoxy) is 3. The van der Waals surface area contributed by atoms with E-state index in [0.717, 1.165) is 51.2 Å². The molecule has 0 spiro atoms. The lowest BCUT2D eigenvalue weighted by molar-refractivity contribution is -0.256. The molecule has 0 saturated carbocycles. The lowest BCUT2D eigenvalue weighted by Gasteiger charge is -2.41. The summed E-state index contributed by atoms with van der Waals surface area (Å²) in [6.45, 7) is 10.1. The van der Waals surface area contributed by atoms with Crippen LogP contribution >= 0.6 is 0 Å². The monoisotopic (exact) mass is 842 g/mol. The van der Waals surface area contributed by atoms with E-state index in [9.17, 15) is 4.79 Å². The molecule has 0 N–H and O–H groups in total. The smallest absolute Gasteiger partial charge is 0.409 e. The standard InChI is InChI=1S/C56H91NO4/c1-4-6-8-10-12-13-14-15-16-17-18-19-20-22-26-34-46-60-56(61-47-35-27-23-21-25-29-37-49(3)36-28-24-11-9-7-5-2)42-44-57(45-43-56)55(58)59-48-54-52-40-32-30-38-50(52)51-39-31-33-41-53(51)54/h12-13,15-16,30,32,38-41,49,54H,4-11,14,17-29,31,33-37,42-48H2,1-3H3/b13-12-,16-15-. The Balaban J connectivity index is 1.12. The van der Waals surface area contributed by atoms with Gasteiger partial charge < -0.3 is 19.1 Å². The van der Waals surface area contributed by atoms with Crippen LogP contribution in [0.3, 0.4) is 0 Å². The van der Waals surface area contributed by atoms with E-state index < -0.39 is 5.79 Å². The van der Waals surface area contributed by atoms with Crippen LogP contribution in [-0.4, -0.2) is 49.7 Å². The van der Waals surface area contributed by atoms with Gasteiger partial charge in [0, 0.05) is 31.8 Å². The second kappa shape index (κ2) is 32.1. The van der Waals surface area contributed by atoms with Crippen molar-refractivity contribution in [3.8, 4) is 0 Å². The highest BCUT2D eigenvalue weighted by Gasteiger charge is 2.39. The first-order valence-corrected chi connectivity index (χ1v) is 26.1. The average Bonchev–Trinajstić information content (AvgIpc) is 3.60. The number of carbonyl (C=O) groups is 1. The second-order valence-electron chi connectivity index (χ2n) is 18.8. The van der Waals surface area contributed by atoms with Gasteiger partial charge in [-0.25, -0.2) is 4.79 Å². The lowest BCUT2D eigenvalue weighted by atomic mass is 9.93. The maximum Gasteiger partial charge on any atom is 0.409 e. The molecule has 4 rings (SSSR count). The predicted octanol–water partition coefficient (Wildman–Crippen LogP) is 16.8. The molecule has 1 saturated heterocycles. The molecule has 2 unspecified atom stereocenters. The van der Waals surface area contributed by atoms with Crippen LogP contribution in [0.4, 0.5) is 4.79 Å². The molecular formula is C56H91NO4. The van der Waals surface area contributed by atoms with Gasteiger partial charge in [0.05, 0.1) is 13.2 Å². The molecule has 2 atom stereocenters. The highest BCUT2D eigenvalue weighted by molar-refractivity contribution is 5.88. The summed E-state index contributed by atoms with van der Waals surface area (Å²) in [7, 11) is 0. The second-order valence-corrected chi connectivity index (χ2v) is 18.8. The van der Waals surface area contributed by atoms with Crippen LogP contribution in [-0.2, 0) is 14.2 Å². The van der Waals surface area contributed by atoms with E-state index in [1.807, 2.05) is 4.90 Å². The molecular weight excluding hydrogens is 751 g/mol. The van der Waals surface area contributed by atoms with Crippen molar-refractivity contribution in [3.05, 3.63) is 77.4 Å². The fourth-order valence-corrected chi connectivity index (χ4v) is 9.62. The van der Waals surface area contributed by atoms with Crippen molar-refractivity contribution in [2.24, 2.45) is 5.92 Å². The largest absolute Gasteiger partial charge is 0.448 e. The quantitative estimate of drug-likeness (QED) is 0.0388. The number of rotatable bonds is 35. The zero-order chi connectivity index (χ0) is 43.1. The van der Waals surface area contributed by atoms with Crippen LogP contribution < -0.4 is 0 Å². The predicted molar refractivity (Wildman–Crippen MR) is 260 cm³/mol. The van der Waals surface area contributed by atoms with E-state index in [0.29, 0.717) is 32.5 Å².